The highest BCUT2D eigenvalue weighted by atomic mass is 35.5. The van der Waals surface area contributed by atoms with Gasteiger partial charge in [0, 0.05) is 10.6 Å². The molecule has 0 aliphatic heterocycles. The van der Waals surface area contributed by atoms with Crippen molar-refractivity contribution >= 4 is 23.8 Å². The van der Waals surface area contributed by atoms with Gasteiger partial charge in [-0.1, -0.05) is 54.1 Å². The molecule has 0 amide bonds. The van der Waals surface area contributed by atoms with Gasteiger partial charge in [-0.3, -0.25) is 0 Å². The molecule has 0 fully saturated rings. The van der Waals surface area contributed by atoms with E-state index in [4.69, 9.17) is 11.6 Å². The van der Waals surface area contributed by atoms with Crippen LogP contribution in [0, 0.1) is 0 Å². The van der Waals surface area contributed by atoms with Crippen molar-refractivity contribution in [1.29, 1.82) is 0 Å². The van der Waals surface area contributed by atoms with Crippen LogP contribution in [-0.2, 0) is 0 Å². The SMILES string of the molecule is Oc1ccccc1/C=C/c1ccc(Cl)cc1. The van der Waals surface area contributed by atoms with Crippen LogP contribution in [0.1, 0.15) is 11.1 Å². The quantitative estimate of drug-likeness (QED) is 0.766. The molecule has 1 nitrogen and oxygen atoms in total. The highest BCUT2D eigenvalue weighted by molar-refractivity contribution is 6.30. The third kappa shape index (κ3) is 2.65. The number of benzene rings is 2. The summed E-state index contributed by atoms with van der Waals surface area (Å²) in [5.74, 6) is 0.285. The Labute approximate surface area is 99.6 Å². The van der Waals surface area contributed by atoms with Crippen LogP contribution in [-0.4, -0.2) is 5.11 Å². The molecule has 0 aliphatic carbocycles. The molecule has 0 aliphatic rings. The Morgan fingerprint density at radius 1 is 0.875 bits per heavy atom. The average molecular weight is 231 g/mol. The van der Waals surface area contributed by atoms with Crippen molar-refractivity contribution in [2.24, 2.45) is 0 Å². The fraction of sp³-hybridized carbons (Fsp3) is 0. The van der Waals surface area contributed by atoms with Gasteiger partial charge in [0.1, 0.15) is 5.75 Å². The lowest BCUT2D eigenvalue weighted by Crippen LogP contribution is -1.74. The maximum atomic E-state index is 9.56. The minimum atomic E-state index is 0.285. The fourth-order valence-corrected chi connectivity index (χ4v) is 1.51. The molecule has 1 N–H and O–H groups in total. The molecule has 0 saturated heterocycles. The van der Waals surface area contributed by atoms with Crippen LogP contribution in [0.5, 0.6) is 5.75 Å². The molecule has 2 aromatic carbocycles. The van der Waals surface area contributed by atoms with Crippen LogP contribution in [0.3, 0.4) is 0 Å². The van der Waals surface area contributed by atoms with Crippen molar-refractivity contribution < 1.29 is 5.11 Å². The second-order valence-corrected chi connectivity index (χ2v) is 3.88. The van der Waals surface area contributed by atoms with E-state index >= 15 is 0 Å². The maximum absolute atomic E-state index is 9.56. The number of hydrogen-bond acceptors (Lipinski definition) is 1. The second-order valence-electron chi connectivity index (χ2n) is 3.44. The highest BCUT2D eigenvalue weighted by Crippen LogP contribution is 2.19. The standard InChI is InChI=1S/C14H11ClO/c15-13-9-6-11(7-10-13)5-8-12-3-1-2-4-14(12)16/h1-10,16H/b8-5+. The molecule has 0 bridgehead atoms. The number of phenols is 1. The van der Waals surface area contributed by atoms with E-state index in [2.05, 4.69) is 0 Å². The molecule has 2 rings (SSSR count). The van der Waals surface area contributed by atoms with Gasteiger partial charge in [0.15, 0.2) is 0 Å². The summed E-state index contributed by atoms with van der Waals surface area (Å²) >= 11 is 5.79. The van der Waals surface area contributed by atoms with E-state index < -0.39 is 0 Å². The number of halogens is 1. The highest BCUT2D eigenvalue weighted by Gasteiger charge is 1.94. The van der Waals surface area contributed by atoms with Gasteiger partial charge in [-0.2, -0.15) is 0 Å². The molecule has 0 heterocycles. The van der Waals surface area contributed by atoms with Gasteiger partial charge in [0.2, 0.25) is 0 Å². The molecule has 2 aromatic rings. The summed E-state index contributed by atoms with van der Waals surface area (Å²) in [5.41, 5.74) is 1.85. The first-order valence-corrected chi connectivity index (χ1v) is 5.35. The topological polar surface area (TPSA) is 20.2 Å². The summed E-state index contributed by atoms with van der Waals surface area (Å²) in [5, 5.41) is 10.3. The monoisotopic (exact) mass is 230 g/mol. The summed E-state index contributed by atoms with van der Waals surface area (Å²) in [6.45, 7) is 0. The van der Waals surface area contributed by atoms with Crippen LogP contribution in [0.25, 0.3) is 12.2 Å². The number of para-hydroxylation sites is 1. The summed E-state index contributed by atoms with van der Waals surface area (Å²) in [4.78, 5) is 0. The maximum Gasteiger partial charge on any atom is 0.122 e. The minimum absolute atomic E-state index is 0.285. The lowest BCUT2D eigenvalue weighted by atomic mass is 10.1. The second kappa shape index (κ2) is 4.86. The van der Waals surface area contributed by atoms with Gasteiger partial charge in [0.05, 0.1) is 0 Å². The van der Waals surface area contributed by atoms with E-state index in [1.165, 1.54) is 0 Å². The van der Waals surface area contributed by atoms with Gasteiger partial charge in [-0.25, -0.2) is 0 Å². The Balaban J connectivity index is 2.21. The summed E-state index contributed by atoms with van der Waals surface area (Å²) in [6.07, 6.45) is 3.81. The molecule has 0 aromatic heterocycles. The average Bonchev–Trinajstić information content (AvgIpc) is 2.30. The smallest absolute Gasteiger partial charge is 0.122 e. The van der Waals surface area contributed by atoms with Crippen molar-refractivity contribution in [2.75, 3.05) is 0 Å². The molecule has 16 heavy (non-hydrogen) atoms. The lowest BCUT2D eigenvalue weighted by molar-refractivity contribution is 0.474. The summed E-state index contributed by atoms with van der Waals surface area (Å²) in [6, 6.07) is 14.8. The molecule has 2 heteroatoms. The molecule has 0 unspecified atom stereocenters. The van der Waals surface area contributed by atoms with Crippen molar-refractivity contribution in [3.8, 4) is 5.75 Å². The number of rotatable bonds is 2. The van der Waals surface area contributed by atoms with Crippen LogP contribution < -0.4 is 0 Å². The lowest BCUT2D eigenvalue weighted by Gasteiger charge is -1.97. The van der Waals surface area contributed by atoms with E-state index in [0.29, 0.717) is 0 Å². The number of hydrogen-bond donors (Lipinski definition) is 1. The van der Waals surface area contributed by atoms with Gasteiger partial charge < -0.3 is 5.11 Å². The zero-order valence-corrected chi connectivity index (χ0v) is 9.35. The van der Waals surface area contributed by atoms with Gasteiger partial charge in [-0.05, 0) is 23.8 Å². The zero-order valence-electron chi connectivity index (χ0n) is 8.60. The first-order valence-electron chi connectivity index (χ1n) is 4.97. The first-order chi connectivity index (χ1) is 7.75. The molecule has 0 atom stereocenters. The van der Waals surface area contributed by atoms with Crippen LogP contribution >= 0.6 is 11.6 Å². The molecule has 80 valence electrons. The van der Waals surface area contributed by atoms with Crippen LogP contribution in [0.2, 0.25) is 5.02 Å². The Morgan fingerprint density at radius 3 is 2.25 bits per heavy atom. The largest absolute Gasteiger partial charge is 0.507 e. The van der Waals surface area contributed by atoms with Gasteiger partial charge in [0.25, 0.3) is 0 Å². The normalized spacial score (nSPS) is 10.8. The van der Waals surface area contributed by atoms with E-state index in [9.17, 15) is 5.11 Å². The first kappa shape index (κ1) is 10.8. The van der Waals surface area contributed by atoms with Gasteiger partial charge >= 0.3 is 0 Å². The van der Waals surface area contributed by atoms with E-state index in [1.54, 1.807) is 12.1 Å². The van der Waals surface area contributed by atoms with E-state index in [1.807, 2.05) is 48.6 Å². The molecule has 0 radical (unpaired) electrons. The van der Waals surface area contributed by atoms with Crippen LogP contribution in [0.4, 0.5) is 0 Å². The Hall–Kier alpha value is -1.73. The summed E-state index contributed by atoms with van der Waals surface area (Å²) in [7, 11) is 0. The van der Waals surface area contributed by atoms with E-state index in [-0.39, 0.29) is 5.75 Å². The third-order valence-electron chi connectivity index (χ3n) is 2.26. The Bertz CT molecular complexity index is 500. The van der Waals surface area contributed by atoms with Crippen molar-refractivity contribution in [1.82, 2.24) is 0 Å². The zero-order chi connectivity index (χ0) is 11.4. The molecular weight excluding hydrogens is 220 g/mol. The molecule has 0 saturated carbocycles. The van der Waals surface area contributed by atoms with Crippen LogP contribution in [0.15, 0.2) is 48.5 Å². The number of phenolic OH excluding ortho intramolecular Hbond substituents is 1. The predicted octanol–water partition coefficient (Wildman–Crippen LogP) is 4.22. The molecular formula is C14H11ClO. The number of aromatic hydroxyl groups is 1. The van der Waals surface area contributed by atoms with Crippen molar-refractivity contribution in [3.63, 3.8) is 0 Å². The minimum Gasteiger partial charge on any atom is -0.507 e. The van der Waals surface area contributed by atoms with E-state index in [0.717, 1.165) is 16.1 Å². The Kier molecular flexibility index (Phi) is 3.28. The third-order valence-corrected chi connectivity index (χ3v) is 2.51. The Morgan fingerprint density at radius 2 is 1.56 bits per heavy atom. The fourth-order valence-electron chi connectivity index (χ4n) is 1.39. The molecule has 0 spiro atoms. The summed E-state index contributed by atoms with van der Waals surface area (Å²) < 4.78 is 0. The van der Waals surface area contributed by atoms with Crippen molar-refractivity contribution in [3.05, 3.63) is 64.7 Å². The van der Waals surface area contributed by atoms with Crippen molar-refractivity contribution in [2.45, 2.75) is 0 Å². The van der Waals surface area contributed by atoms with Gasteiger partial charge in [-0.15, -0.1) is 0 Å². The predicted molar refractivity (Wildman–Crippen MR) is 68.5 cm³/mol.